The molecule has 0 aliphatic carbocycles. The van der Waals surface area contributed by atoms with E-state index >= 15 is 8.78 Å². The first-order chi connectivity index (χ1) is 19.3. The number of ether oxygens (including phenoxy) is 1. The molecule has 2 aromatic heterocycles. The number of carbonyl (C=O) groups is 2. The number of nitrogens with zero attached hydrogens (tertiary/aromatic N) is 4. The number of aliphatic hydroxyl groups is 1. The molecule has 9 nitrogen and oxygen atoms in total. The first kappa shape index (κ1) is 28.7. The van der Waals surface area contributed by atoms with E-state index in [1.54, 1.807) is 45.9 Å². The van der Waals surface area contributed by atoms with E-state index in [0.717, 1.165) is 0 Å². The Morgan fingerprint density at radius 3 is 2.54 bits per heavy atom. The summed E-state index contributed by atoms with van der Waals surface area (Å²) < 4.78 is 37.2. The van der Waals surface area contributed by atoms with Gasteiger partial charge in [-0.3, -0.25) is 9.69 Å². The maximum absolute atomic E-state index is 16.4. The molecule has 1 fully saturated rings. The van der Waals surface area contributed by atoms with Crippen LogP contribution in [0.2, 0.25) is 5.02 Å². The number of anilines is 2. The summed E-state index contributed by atoms with van der Waals surface area (Å²) in [6.45, 7) is 7.14. The third-order valence-corrected chi connectivity index (χ3v) is 7.50. The fraction of sp³-hybridized carbons (Fsp3) is 0.379. The van der Waals surface area contributed by atoms with Crippen molar-refractivity contribution in [2.45, 2.75) is 51.4 Å². The molecule has 2 aliphatic rings. The molecule has 1 saturated heterocycles. The molecule has 3 aromatic rings. The van der Waals surface area contributed by atoms with Crippen molar-refractivity contribution in [3.05, 3.63) is 81.6 Å². The van der Waals surface area contributed by atoms with Gasteiger partial charge in [-0.25, -0.2) is 23.5 Å². The molecule has 0 unspecified atom stereocenters. The zero-order valence-corrected chi connectivity index (χ0v) is 23.8. The maximum Gasteiger partial charge on any atom is 0.410 e. The van der Waals surface area contributed by atoms with Crippen molar-refractivity contribution in [3.8, 4) is 0 Å². The maximum atomic E-state index is 16.4. The SMILES string of the molecule is CC(C)(C)OC(=O)N1CC(Nc2ncc3c(c2F)[C@@](C)(c2cccc(Cl)c2F)CN(c2ccc(CO)cn2)C3=O)C1. The molecule has 4 heterocycles. The predicted molar refractivity (Wildman–Crippen MR) is 149 cm³/mol. The molecule has 216 valence electrons. The van der Waals surface area contributed by atoms with Crippen LogP contribution < -0.4 is 10.2 Å². The summed E-state index contributed by atoms with van der Waals surface area (Å²) in [6, 6.07) is 7.36. The fourth-order valence-electron chi connectivity index (χ4n) is 5.15. The molecule has 2 N–H and O–H groups in total. The minimum atomic E-state index is -1.39. The second-order valence-corrected chi connectivity index (χ2v) is 11.9. The number of pyridine rings is 2. The van der Waals surface area contributed by atoms with E-state index in [4.69, 9.17) is 16.3 Å². The molecule has 41 heavy (non-hydrogen) atoms. The number of rotatable bonds is 5. The van der Waals surface area contributed by atoms with Gasteiger partial charge in [-0.2, -0.15) is 0 Å². The average Bonchev–Trinajstić information content (AvgIpc) is 2.89. The van der Waals surface area contributed by atoms with E-state index in [2.05, 4.69) is 15.3 Å². The van der Waals surface area contributed by atoms with Crippen LogP contribution in [0.15, 0.2) is 42.7 Å². The van der Waals surface area contributed by atoms with E-state index < -0.39 is 34.7 Å². The smallest absolute Gasteiger partial charge is 0.410 e. The van der Waals surface area contributed by atoms with E-state index in [1.165, 1.54) is 34.3 Å². The second-order valence-electron chi connectivity index (χ2n) is 11.4. The Hall–Kier alpha value is -3.83. The third-order valence-electron chi connectivity index (χ3n) is 7.21. The summed E-state index contributed by atoms with van der Waals surface area (Å²) in [5, 5.41) is 12.3. The molecular formula is C29H30ClF2N5O4. The summed E-state index contributed by atoms with van der Waals surface area (Å²) in [5.41, 5.74) is -1.44. The van der Waals surface area contributed by atoms with Gasteiger partial charge in [-0.05, 0) is 45.4 Å². The summed E-state index contributed by atoms with van der Waals surface area (Å²) in [4.78, 5) is 37.3. The van der Waals surface area contributed by atoms with Gasteiger partial charge in [0.25, 0.3) is 5.91 Å². The highest BCUT2D eigenvalue weighted by atomic mass is 35.5. The standard InChI is InChI=1S/C29H30ClF2N5O4/c1-28(2,3)41-27(40)36-12-17(13-36)35-25-24(32)22-18(11-34-25)26(39)37(21-9-8-16(14-38)10-33-21)15-29(22,4)19-6-5-7-20(30)23(19)31/h5-11,17,38H,12-15H2,1-4H3,(H,34,35)/t29-/m1/s1. The second kappa shape index (κ2) is 10.5. The molecule has 0 saturated carbocycles. The topological polar surface area (TPSA) is 108 Å². The molecule has 1 atom stereocenters. The van der Waals surface area contributed by atoms with Gasteiger partial charge in [0, 0.05) is 48.6 Å². The number of aromatic nitrogens is 2. The molecule has 2 aliphatic heterocycles. The number of amides is 2. The Labute approximate surface area is 241 Å². The number of halogens is 3. The molecule has 5 rings (SSSR count). The quantitative estimate of drug-likeness (QED) is 0.439. The summed E-state index contributed by atoms with van der Waals surface area (Å²) in [6.07, 6.45) is 2.23. The van der Waals surface area contributed by atoms with Crippen LogP contribution in [-0.4, -0.2) is 63.3 Å². The molecule has 2 amide bonds. The van der Waals surface area contributed by atoms with E-state index in [9.17, 15) is 14.7 Å². The number of hydrogen-bond donors (Lipinski definition) is 2. The Balaban J connectivity index is 1.52. The third kappa shape index (κ3) is 5.31. The lowest BCUT2D eigenvalue weighted by Gasteiger charge is -2.43. The van der Waals surface area contributed by atoms with E-state index in [-0.39, 0.29) is 65.6 Å². The summed E-state index contributed by atoms with van der Waals surface area (Å²) in [7, 11) is 0. The highest BCUT2D eigenvalue weighted by Crippen LogP contribution is 2.44. The number of aliphatic hydroxyl groups excluding tert-OH is 1. The van der Waals surface area contributed by atoms with Crippen LogP contribution in [0, 0.1) is 11.6 Å². The number of nitrogens with one attached hydrogen (secondary N) is 1. The van der Waals surface area contributed by atoms with Crippen LogP contribution >= 0.6 is 11.6 Å². The predicted octanol–water partition coefficient (Wildman–Crippen LogP) is 4.90. The van der Waals surface area contributed by atoms with Crippen molar-refractivity contribution in [1.29, 1.82) is 0 Å². The van der Waals surface area contributed by atoms with Crippen LogP contribution in [0.1, 0.15) is 54.7 Å². The largest absolute Gasteiger partial charge is 0.444 e. The Morgan fingerprint density at radius 2 is 1.90 bits per heavy atom. The number of likely N-dealkylation sites (tertiary alicyclic amines) is 1. The average molecular weight is 586 g/mol. The highest BCUT2D eigenvalue weighted by molar-refractivity contribution is 6.30. The van der Waals surface area contributed by atoms with Crippen LogP contribution in [-0.2, 0) is 16.8 Å². The number of fused-ring (bicyclic) bond motifs is 1. The molecule has 12 heteroatoms. The van der Waals surface area contributed by atoms with Crippen molar-refractivity contribution in [2.24, 2.45) is 0 Å². The van der Waals surface area contributed by atoms with Crippen molar-refractivity contribution in [2.75, 3.05) is 29.9 Å². The zero-order chi connectivity index (χ0) is 29.7. The molecule has 0 spiro atoms. The van der Waals surface area contributed by atoms with Crippen LogP contribution in [0.5, 0.6) is 0 Å². The summed E-state index contributed by atoms with van der Waals surface area (Å²) >= 11 is 6.13. The van der Waals surface area contributed by atoms with Crippen molar-refractivity contribution < 1.29 is 28.2 Å². The Morgan fingerprint density at radius 1 is 1.17 bits per heavy atom. The first-order valence-electron chi connectivity index (χ1n) is 13.1. The van der Waals surface area contributed by atoms with Gasteiger partial charge < -0.3 is 20.1 Å². The lowest BCUT2D eigenvalue weighted by Crippen LogP contribution is -2.58. The number of carbonyl (C=O) groups excluding carboxylic acids is 2. The van der Waals surface area contributed by atoms with Gasteiger partial charge in [-0.1, -0.05) is 29.8 Å². The minimum absolute atomic E-state index is 0.0206. The lowest BCUT2D eigenvalue weighted by molar-refractivity contribution is 0.0104. The highest BCUT2D eigenvalue weighted by Gasteiger charge is 2.47. The van der Waals surface area contributed by atoms with Gasteiger partial charge in [0.05, 0.1) is 23.2 Å². The molecule has 0 bridgehead atoms. The van der Waals surface area contributed by atoms with Gasteiger partial charge >= 0.3 is 6.09 Å². The Kier molecular flexibility index (Phi) is 7.37. The van der Waals surface area contributed by atoms with Crippen molar-refractivity contribution in [1.82, 2.24) is 14.9 Å². The van der Waals surface area contributed by atoms with E-state index in [1.807, 2.05) is 0 Å². The molecule has 0 radical (unpaired) electrons. The van der Waals surface area contributed by atoms with E-state index in [0.29, 0.717) is 5.56 Å². The number of hydrogen-bond acceptors (Lipinski definition) is 7. The minimum Gasteiger partial charge on any atom is -0.444 e. The van der Waals surface area contributed by atoms with Crippen LogP contribution in [0.4, 0.5) is 25.2 Å². The van der Waals surface area contributed by atoms with Gasteiger partial charge in [-0.15, -0.1) is 0 Å². The first-order valence-corrected chi connectivity index (χ1v) is 13.5. The van der Waals surface area contributed by atoms with Gasteiger partial charge in [0.15, 0.2) is 11.6 Å². The number of benzene rings is 1. The normalized spacial score (nSPS) is 19.1. The zero-order valence-electron chi connectivity index (χ0n) is 23.0. The molecule has 1 aromatic carbocycles. The van der Waals surface area contributed by atoms with Crippen molar-refractivity contribution in [3.63, 3.8) is 0 Å². The fourth-order valence-corrected chi connectivity index (χ4v) is 5.32. The van der Waals surface area contributed by atoms with Crippen LogP contribution in [0.25, 0.3) is 0 Å². The summed E-state index contributed by atoms with van der Waals surface area (Å²) in [5.74, 6) is -1.93. The monoisotopic (exact) mass is 585 g/mol. The van der Waals surface area contributed by atoms with Gasteiger partial charge in [0.1, 0.15) is 17.2 Å². The lowest BCUT2D eigenvalue weighted by atomic mass is 9.71. The molecular weight excluding hydrogens is 556 g/mol. The van der Waals surface area contributed by atoms with Crippen molar-refractivity contribution >= 4 is 35.2 Å². The van der Waals surface area contributed by atoms with Crippen LogP contribution in [0.3, 0.4) is 0 Å². The van der Waals surface area contributed by atoms with Gasteiger partial charge in [0.2, 0.25) is 0 Å². The Bertz CT molecular complexity index is 1510.